The van der Waals surface area contributed by atoms with Gasteiger partial charge in [0.25, 0.3) is 0 Å². The lowest BCUT2D eigenvalue weighted by Crippen LogP contribution is -2.09. The van der Waals surface area contributed by atoms with E-state index in [2.05, 4.69) is 40.7 Å². The fourth-order valence-corrected chi connectivity index (χ4v) is 4.20. The van der Waals surface area contributed by atoms with Gasteiger partial charge in [-0.3, -0.25) is 0 Å². The highest BCUT2D eigenvalue weighted by atomic mass is 32.1. The predicted octanol–water partition coefficient (Wildman–Crippen LogP) is 5.64. The van der Waals surface area contributed by atoms with Crippen LogP contribution in [0.25, 0.3) is 0 Å². The van der Waals surface area contributed by atoms with Gasteiger partial charge < -0.3 is 0 Å². The molecule has 1 aliphatic rings. The van der Waals surface area contributed by atoms with Gasteiger partial charge in [0.05, 0.1) is 5.01 Å². The Hall–Kier alpha value is -1.15. The zero-order valence-corrected chi connectivity index (χ0v) is 12.8. The van der Waals surface area contributed by atoms with E-state index in [4.69, 9.17) is 0 Å². The first-order chi connectivity index (χ1) is 9.93. The molecule has 106 valence electrons. The summed E-state index contributed by atoms with van der Waals surface area (Å²) in [5.74, 6) is 1.45. The van der Waals surface area contributed by atoms with Gasteiger partial charge >= 0.3 is 0 Å². The van der Waals surface area contributed by atoms with E-state index in [1.807, 2.05) is 6.20 Å². The molecule has 0 saturated heterocycles. The Morgan fingerprint density at radius 3 is 2.60 bits per heavy atom. The van der Waals surface area contributed by atoms with Crippen LogP contribution < -0.4 is 0 Å². The molecule has 0 spiro atoms. The summed E-state index contributed by atoms with van der Waals surface area (Å²) in [7, 11) is 0. The smallest absolute Gasteiger partial charge is 0.0999 e. The zero-order chi connectivity index (χ0) is 13.6. The first-order valence-corrected chi connectivity index (χ1v) is 8.76. The number of rotatable bonds is 5. The van der Waals surface area contributed by atoms with Gasteiger partial charge in [-0.25, -0.2) is 4.98 Å². The average molecular weight is 285 g/mol. The van der Waals surface area contributed by atoms with E-state index in [1.165, 1.54) is 55.5 Å². The third-order valence-corrected chi connectivity index (χ3v) is 5.43. The molecule has 0 N–H and O–H groups in total. The summed E-state index contributed by atoms with van der Waals surface area (Å²) in [6.07, 6.45) is 11.8. The Morgan fingerprint density at radius 1 is 1.10 bits per heavy atom. The second kappa shape index (κ2) is 7.03. The molecular weight excluding hydrogens is 262 g/mol. The van der Waals surface area contributed by atoms with Crippen LogP contribution in [0.5, 0.6) is 0 Å². The molecule has 0 bridgehead atoms. The van der Waals surface area contributed by atoms with Crippen LogP contribution in [0.1, 0.15) is 61.4 Å². The van der Waals surface area contributed by atoms with Gasteiger partial charge in [0, 0.05) is 17.5 Å². The second-order valence-electron chi connectivity index (χ2n) is 5.91. The average Bonchev–Trinajstić information content (AvgIpc) is 3.04. The number of aromatic nitrogens is 1. The van der Waals surface area contributed by atoms with Crippen molar-refractivity contribution in [1.82, 2.24) is 4.98 Å². The SMILES string of the molecule is c1ccc(C(CCC2CCCCC2)c2nccs2)cc1. The number of thiazole rings is 1. The number of hydrogen-bond acceptors (Lipinski definition) is 2. The molecule has 1 fully saturated rings. The molecule has 20 heavy (non-hydrogen) atoms. The van der Waals surface area contributed by atoms with Crippen LogP contribution in [-0.2, 0) is 0 Å². The molecule has 1 aromatic carbocycles. The van der Waals surface area contributed by atoms with Crippen LogP contribution in [0.2, 0.25) is 0 Å². The first-order valence-electron chi connectivity index (χ1n) is 7.88. The normalized spacial score (nSPS) is 18.0. The van der Waals surface area contributed by atoms with Gasteiger partial charge in [0.2, 0.25) is 0 Å². The molecule has 0 amide bonds. The van der Waals surface area contributed by atoms with Gasteiger partial charge in [-0.1, -0.05) is 62.4 Å². The molecular formula is C18H23NS. The Bertz CT molecular complexity index is 485. The van der Waals surface area contributed by atoms with Crippen molar-refractivity contribution in [2.24, 2.45) is 5.92 Å². The Labute approximate surface area is 126 Å². The van der Waals surface area contributed by atoms with Crippen LogP contribution >= 0.6 is 11.3 Å². The summed E-state index contributed by atoms with van der Waals surface area (Å²) in [5, 5.41) is 3.39. The molecule has 2 heteroatoms. The zero-order valence-electron chi connectivity index (χ0n) is 12.0. The van der Waals surface area contributed by atoms with Crippen molar-refractivity contribution < 1.29 is 0 Å². The van der Waals surface area contributed by atoms with Crippen molar-refractivity contribution in [3.05, 3.63) is 52.5 Å². The van der Waals surface area contributed by atoms with E-state index in [9.17, 15) is 0 Å². The van der Waals surface area contributed by atoms with E-state index < -0.39 is 0 Å². The molecule has 0 aliphatic heterocycles. The fourth-order valence-electron chi connectivity index (χ4n) is 3.40. The molecule has 1 nitrogen and oxygen atoms in total. The highest BCUT2D eigenvalue weighted by Crippen LogP contribution is 2.35. The standard InChI is InChI=1S/C18H23NS/c1-3-7-15(8-4-1)11-12-17(18-19-13-14-20-18)16-9-5-2-6-10-16/h2,5-6,9-10,13-15,17H,1,3-4,7-8,11-12H2. The van der Waals surface area contributed by atoms with E-state index in [1.54, 1.807) is 11.3 Å². The van der Waals surface area contributed by atoms with Crippen molar-refractivity contribution in [1.29, 1.82) is 0 Å². The van der Waals surface area contributed by atoms with Crippen LogP contribution in [0, 0.1) is 5.92 Å². The van der Waals surface area contributed by atoms with Crippen LogP contribution in [0.3, 0.4) is 0 Å². The first kappa shape index (κ1) is 13.8. The topological polar surface area (TPSA) is 12.9 Å². The van der Waals surface area contributed by atoms with Crippen LogP contribution in [0.15, 0.2) is 41.9 Å². The highest BCUT2D eigenvalue weighted by molar-refractivity contribution is 7.09. The number of benzene rings is 1. The Morgan fingerprint density at radius 2 is 1.90 bits per heavy atom. The van der Waals surface area contributed by atoms with E-state index >= 15 is 0 Å². The minimum absolute atomic E-state index is 0.498. The Kier molecular flexibility index (Phi) is 4.86. The van der Waals surface area contributed by atoms with Gasteiger partial charge in [0.15, 0.2) is 0 Å². The summed E-state index contributed by atoms with van der Waals surface area (Å²) in [6, 6.07) is 10.9. The molecule has 1 atom stereocenters. The van der Waals surface area contributed by atoms with Gasteiger partial charge in [-0.2, -0.15) is 0 Å². The molecule has 3 rings (SSSR count). The van der Waals surface area contributed by atoms with E-state index in [0.29, 0.717) is 5.92 Å². The lowest BCUT2D eigenvalue weighted by molar-refractivity contribution is 0.327. The maximum atomic E-state index is 4.58. The number of nitrogens with zero attached hydrogens (tertiary/aromatic N) is 1. The highest BCUT2D eigenvalue weighted by Gasteiger charge is 2.20. The van der Waals surface area contributed by atoms with Gasteiger partial charge in [-0.15, -0.1) is 11.3 Å². The molecule has 1 unspecified atom stereocenters. The molecule has 1 heterocycles. The summed E-state index contributed by atoms with van der Waals surface area (Å²) in [5.41, 5.74) is 1.43. The summed E-state index contributed by atoms with van der Waals surface area (Å²) >= 11 is 1.80. The lowest BCUT2D eigenvalue weighted by Gasteiger charge is -2.23. The lowest BCUT2D eigenvalue weighted by atomic mass is 9.83. The van der Waals surface area contributed by atoms with Crippen molar-refractivity contribution in [3.63, 3.8) is 0 Å². The van der Waals surface area contributed by atoms with Crippen molar-refractivity contribution in [2.45, 2.75) is 50.9 Å². The van der Waals surface area contributed by atoms with Crippen molar-refractivity contribution in [3.8, 4) is 0 Å². The third-order valence-electron chi connectivity index (χ3n) is 4.54. The minimum Gasteiger partial charge on any atom is -0.249 e. The van der Waals surface area contributed by atoms with E-state index in [0.717, 1.165) is 5.92 Å². The predicted molar refractivity (Wildman–Crippen MR) is 86.2 cm³/mol. The maximum absolute atomic E-state index is 4.58. The second-order valence-corrected chi connectivity index (χ2v) is 6.84. The monoisotopic (exact) mass is 285 g/mol. The summed E-state index contributed by atoms with van der Waals surface area (Å²) in [4.78, 5) is 4.58. The molecule has 2 aromatic rings. The maximum Gasteiger partial charge on any atom is 0.0999 e. The van der Waals surface area contributed by atoms with Crippen LogP contribution in [-0.4, -0.2) is 4.98 Å². The van der Waals surface area contributed by atoms with Gasteiger partial charge in [0.1, 0.15) is 0 Å². The quantitative estimate of drug-likeness (QED) is 0.693. The van der Waals surface area contributed by atoms with Crippen molar-refractivity contribution in [2.75, 3.05) is 0 Å². The fraction of sp³-hybridized carbons (Fsp3) is 0.500. The molecule has 1 aliphatic carbocycles. The summed E-state index contributed by atoms with van der Waals surface area (Å²) < 4.78 is 0. The molecule has 1 aromatic heterocycles. The summed E-state index contributed by atoms with van der Waals surface area (Å²) in [6.45, 7) is 0. The molecule has 1 saturated carbocycles. The minimum atomic E-state index is 0.498. The van der Waals surface area contributed by atoms with Gasteiger partial charge in [-0.05, 0) is 24.3 Å². The third kappa shape index (κ3) is 3.49. The Balaban J connectivity index is 1.69. The van der Waals surface area contributed by atoms with Crippen molar-refractivity contribution >= 4 is 11.3 Å². The number of hydrogen-bond donors (Lipinski definition) is 0. The van der Waals surface area contributed by atoms with E-state index in [-0.39, 0.29) is 0 Å². The van der Waals surface area contributed by atoms with Crippen LogP contribution in [0.4, 0.5) is 0 Å². The molecule has 0 radical (unpaired) electrons. The largest absolute Gasteiger partial charge is 0.249 e.